The molecule has 0 heterocycles. The van der Waals surface area contributed by atoms with Crippen molar-refractivity contribution in [1.82, 2.24) is 0 Å². The van der Waals surface area contributed by atoms with E-state index in [1.807, 2.05) is 6.08 Å². The average molecular weight is 608 g/mol. The Kier molecular flexibility index (Phi) is 8.91. The van der Waals surface area contributed by atoms with E-state index in [9.17, 15) is 30.0 Å². The summed E-state index contributed by atoms with van der Waals surface area (Å²) < 4.78 is 11.7. The molecule has 0 saturated heterocycles. The fraction of sp³-hybridized carbons (Fsp3) is 0.806. The summed E-state index contributed by atoms with van der Waals surface area (Å²) in [5, 5.41) is 40.3. The summed E-state index contributed by atoms with van der Waals surface area (Å²) in [5.74, 6) is -2.58. The third kappa shape index (κ3) is 4.66. The number of aliphatic hydroxyl groups excluding tert-OH is 4. The Labute approximate surface area is 264 Å². The Morgan fingerprint density at radius 3 is 2.42 bits per heavy atom. The van der Waals surface area contributed by atoms with Gasteiger partial charge in [-0.1, -0.05) is 47.6 Å². The molecule has 4 saturated carbocycles. The molecule has 5 aliphatic rings. The number of fused-ring (bicyclic) bond motifs is 7. The van der Waals surface area contributed by atoms with Crippen LogP contribution in [-0.2, 0) is 19.1 Å². The topological polar surface area (TPSA) is 134 Å². The molecule has 0 aromatic heterocycles. The molecule has 0 spiro atoms. The van der Waals surface area contributed by atoms with Crippen LogP contribution in [0.3, 0.4) is 0 Å². The van der Waals surface area contributed by atoms with E-state index in [0.717, 1.165) is 5.57 Å². The second-order valence-corrected chi connectivity index (χ2v) is 14.6. The number of hydrogen-bond donors (Lipinski definition) is 5. The predicted octanol–water partition coefficient (Wildman–Crippen LogP) is 1.96. The fourth-order valence-electron chi connectivity index (χ4n) is 9.87. The molecule has 0 aromatic rings. The summed E-state index contributed by atoms with van der Waals surface area (Å²) >= 11 is 4.82. The van der Waals surface area contributed by atoms with Crippen LogP contribution in [0.5, 0.6) is 0 Å². The lowest BCUT2D eigenvalue weighted by atomic mass is 9.23. The van der Waals surface area contributed by atoms with Gasteiger partial charge in [0.15, 0.2) is 12.2 Å². The standard InChI is InChI=1S/C31H43B3O8S/c1-4-15(2)27(40)42-25-22(43)11-20-19-5-6-23-29(32)9-8-21(38)17(13-35)18(29)7-10-30(23,33)31(19,34)12-24(39)28(20,14-36)26(25)41-16(3)37/h4-5,17-18,20-26,35-36,38-39,43H,6-14H2,1-3H3/b15-4-/t17-,18?,20?,21+,22-,23?,24-,25-,26+,28+,29-,30+,31+/m1/s1. The van der Waals surface area contributed by atoms with Gasteiger partial charge in [0.2, 0.25) is 0 Å². The van der Waals surface area contributed by atoms with E-state index in [1.54, 1.807) is 19.9 Å². The first kappa shape index (κ1) is 33.2. The molecule has 12 heteroatoms. The molecule has 0 bridgehead atoms. The van der Waals surface area contributed by atoms with Gasteiger partial charge in [0.1, 0.15) is 0 Å². The zero-order chi connectivity index (χ0) is 31.7. The molecule has 43 heavy (non-hydrogen) atoms. The van der Waals surface area contributed by atoms with Gasteiger partial charge >= 0.3 is 11.9 Å². The quantitative estimate of drug-likeness (QED) is 0.105. The molecule has 230 valence electrons. The molecule has 6 radical (unpaired) electrons. The van der Waals surface area contributed by atoms with Crippen LogP contribution in [0.2, 0.25) is 15.9 Å². The van der Waals surface area contributed by atoms with E-state index in [2.05, 4.69) is 0 Å². The van der Waals surface area contributed by atoms with Crippen molar-refractivity contribution in [3.05, 3.63) is 23.3 Å². The largest absolute Gasteiger partial charge is 0.458 e. The lowest BCUT2D eigenvalue weighted by Gasteiger charge is -2.72. The normalized spacial score (nSPS) is 49.3. The molecule has 3 unspecified atom stereocenters. The van der Waals surface area contributed by atoms with Crippen molar-refractivity contribution in [2.75, 3.05) is 13.2 Å². The third-order valence-electron chi connectivity index (χ3n) is 12.3. The van der Waals surface area contributed by atoms with Crippen molar-refractivity contribution in [3.8, 4) is 0 Å². The molecule has 5 aliphatic carbocycles. The van der Waals surface area contributed by atoms with Crippen LogP contribution in [0.15, 0.2) is 23.3 Å². The van der Waals surface area contributed by atoms with Crippen molar-refractivity contribution in [3.63, 3.8) is 0 Å². The highest BCUT2D eigenvalue weighted by Crippen LogP contribution is 2.80. The average Bonchev–Trinajstić information content (AvgIpc) is 2.95. The maximum absolute atomic E-state index is 12.9. The van der Waals surface area contributed by atoms with Crippen LogP contribution in [0.4, 0.5) is 0 Å². The van der Waals surface area contributed by atoms with E-state index >= 15 is 0 Å². The van der Waals surface area contributed by atoms with Crippen molar-refractivity contribution in [2.45, 2.75) is 111 Å². The number of esters is 2. The number of rotatable bonds is 5. The third-order valence-corrected chi connectivity index (χ3v) is 12.8. The summed E-state index contributed by atoms with van der Waals surface area (Å²) in [6.45, 7) is 3.84. The SMILES string of the molecule is [B][C@]12CC[C@H](O)[C@H](CO)C1CC[C@]1([B])C2CC=C2C3C[C@@H](S)[C@@H](OC(=O)/C(C)=C\C)[C@H](OC(C)=O)[C@]3(CO)[C@H](O)C[C@]21[B]. The molecule has 0 amide bonds. The van der Waals surface area contributed by atoms with Crippen LogP contribution in [0.25, 0.3) is 0 Å². The summed E-state index contributed by atoms with van der Waals surface area (Å²) in [7, 11) is 22.0. The molecular formula is C31H43B3O8S. The van der Waals surface area contributed by atoms with Crippen LogP contribution < -0.4 is 0 Å². The number of allylic oxidation sites excluding steroid dienone is 3. The van der Waals surface area contributed by atoms with Gasteiger partial charge in [-0.05, 0) is 62.6 Å². The highest BCUT2D eigenvalue weighted by Gasteiger charge is 2.71. The molecule has 4 N–H and O–H groups in total. The predicted molar refractivity (Wildman–Crippen MR) is 166 cm³/mol. The Balaban J connectivity index is 1.59. The Bertz CT molecular complexity index is 1200. The lowest BCUT2D eigenvalue weighted by molar-refractivity contribution is -0.223. The van der Waals surface area contributed by atoms with Crippen molar-refractivity contribution in [1.29, 1.82) is 0 Å². The van der Waals surface area contributed by atoms with E-state index in [1.165, 1.54) is 6.92 Å². The smallest absolute Gasteiger partial charge is 0.333 e. The van der Waals surface area contributed by atoms with E-state index in [-0.39, 0.29) is 37.2 Å². The zero-order valence-corrected chi connectivity index (χ0v) is 26.2. The summed E-state index contributed by atoms with van der Waals surface area (Å²) in [4.78, 5) is 25.3. The van der Waals surface area contributed by atoms with Gasteiger partial charge in [0.25, 0.3) is 0 Å². The van der Waals surface area contributed by atoms with Gasteiger partial charge in [-0.15, -0.1) is 0 Å². The summed E-state index contributed by atoms with van der Waals surface area (Å²) in [6.07, 6.45) is 2.30. The summed E-state index contributed by atoms with van der Waals surface area (Å²) in [5.41, 5.74) is -0.289. The highest BCUT2D eigenvalue weighted by atomic mass is 32.1. The first-order chi connectivity index (χ1) is 20.2. The van der Waals surface area contributed by atoms with Gasteiger partial charge in [-0.2, -0.15) is 12.6 Å². The number of carbonyl (C=O) groups is 2. The Morgan fingerprint density at radius 1 is 1.12 bits per heavy atom. The monoisotopic (exact) mass is 608 g/mol. The minimum Gasteiger partial charge on any atom is -0.458 e. The maximum atomic E-state index is 12.9. The summed E-state index contributed by atoms with van der Waals surface area (Å²) in [6, 6.07) is 0. The number of thiol groups is 1. The minimum atomic E-state index is -1.42. The van der Waals surface area contributed by atoms with Gasteiger partial charge in [0.05, 0.1) is 47.8 Å². The number of ether oxygens (including phenoxy) is 2. The Hall–Kier alpha value is -1.20. The first-order valence-corrected chi connectivity index (χ1v) is 16.0. The van der Waals surface area contributed by atoms with Gasteiger partial charge in [0, 0.05) is 30.3 Å². The van der Waals surface area contributed by atoms with E-state index in [4.69, 9.17) is 45.6 Å². The van der Waals surface area contributed by atoms with Gasteiger partial charge < -0.3 is 29.9 Å². The van der Waals surface area contributed by atoms with Crippen LogP contribution in [-0.4, -0.2) is 98.8 Å². The van der Waals surface area contributed by atoms with Crippen LogP contribution >= 0.6 is 12.6 Å². The molecule has 4 fully saturated rings. The molecule has 13 atom stereocenters. The second-order valence-electron chi connectivity index (χ2n) is 13.9. The number of carbonyl (C=O) groups excluding carboxylic acids is 2. The molecule has 0 aliphatic heterocycles. The zero-order valence-electron chi connectivity index (χ0n) is 25.3. The van der Waals surface area contributed by atoms with Gasteiger partial charge in [-0.3, -0.25) is 4.79 Å². The first-order valence-electron chi connectivity index (χ1n) is 15.5. The second kappa shape index (κ2) is 11.6. The molecule has 0 aromatic carbocycles. The maximum Gasteiger partial charge on any atom is 0.333 e. The Morgan fingerprint density at radius 2 is 1.81 bits per heavy atom. The fourth-order valence-corrected chi connectivity index (χ4v) is 10.3. The van der Waals surface area contributed by atoms with Crippen molar-refractivity contribution >= 4 is 48.1 Å². The van der Waals surface area contributed by atoms with Crippen molar-refractivity contribution < 1.29 is 39.5 Å². The van der Waals surface area contributed by atoms with E-state index in [0.29, 0.717) is 37.7 Å². The lowest BCUT2D eigenvalue weighted by Crippen LogP contribution is -2.70. The molecular weight excluding hydrogens is 565 g/mol. The van der Waals surface area contributed by atoms with Crippen LogP contribution in [0.1, 0.15) is 65.7 Å². The van der Waals surface area contributed by atoms with Crippen LogP contribution in [0, 0.1) is 29.1 Å². The number of aliphatic hydroxyl groups is 4. The minimum absolute atomic E-state index is 0.0285. The molecule has 5 rings (SSSR count). The number of hydrogen-bond acceptors (Lipinski definition) is 9. The molecule has 8 nitrogen and oxygen atoms in total. The van der Waals surface area contributed by atoms with Crippen molar-refractivity contribution in [2.24, 2.45) is 29.1 Å². The van der Waals surface area contributed by atoms with Gasteiger partial charge in [-0.25, -0.2) is 4.79 Å². The van der Waals surface area contributed by atoms with E-state index < -0.39 is 75.5 Å². The highest BCUT2D eigenvalue weighted by molar-refractivity contribution is 7.81.